The van der Waals surface area contributed by atoms with Crippen LogP contribution in [0, 0.1) is 22.7 Å². The number of carbonyl (C=O) groups excluding carboxylic acids is 2. The Morgan fingerprint density at radius 1 is 1.10 bits per heavy atom. The highest BCUT2D eigenvalue weighted by Crippen LogP contribution is 2.38. The average molecular weight is 283 g/mol. The molecule has 0 aliphatic carbocycles. The van der Waals surface area contributed by atoms with Crippen molar-refractivity contribution in [2.45, 2.75) is 53.4 Å². The third-order valence-corrected chi connectivity index (χ3v) is 3.23. The second kappa shape index (κ2) is 9.35. The molecule has 114 valence electrons. The first-order valence-electron chi connectivity index (χ1n) is 7.29. The molecule has 0 bridgehead atoms. The van der Waals surface area contributed by atoms with Crippen molar-refractivity contribution < 1.29 is 19.1 Å². The van der Waals surface area contributed by atoms with Gasteiger partial charge in [-0.15, -0.1) is 0 Å². The molecule has 0 aromatic heterocycles. The van der Waals surface area contributed by atoms with Gasteiger partial charge in [-0.2, -0.15) is 5.26 Å². The van der Waals surface area contributed by atoms with E-state index in [1.807, 2.05) is 19.9 Å². The number of ether oxygens (including phenoxy) is 2. The van der Waals surface area contributed by atoms with Gasteiger partial charge in [0.1, 0.15) is 0 Å². The molecule has 0 rings (SSSR count). The SMILES string of the molecule is CCCC(C(=O)OCC)C(C#N)(CCC)C(=O)OCC. The zero-order chi connectivity index (χ0) is 15.6. The molecule has 0 aliphatic heterocycles. The van der Waals surface area contributed by atoms with E-state index in [9.17, 15) is 14.9 Å². The number of esters is 2. The first kappa shape index (κ1) is 18.4. The summed E-state index contributed by atoms with van der Waals surface area (Å²) in [4.78, 5) is 24.4. The smallest absolute Gasteiger partial charge is 0.327 e. The van der Waals surface area contributed by atoms with Gasteiger partial charge in [-0.3, -0.25) is 9.59 Å². The van der Waals surface area contributed by atoms with Gasteiger partial charge in [0.25, 0.3) is 0 Å². The maximum absolute atomic E-state index is 12.3. The molecule has 0 spiro atoms. The number of carbonyl (C=O) groups is 2. The maximum Gasteiger partial charge on any atom is 0.327 e. The van der Waals surface area contributed by atoms with Crippen molar-refractivity contribution in [2.75, 3.05) is 13.2 Å². The molecule has 2 unspecified atom stereocenters. The third-order valence-electron chi connectivity index (χ3n) is 3.23. The maximum atomic E-state index is 12.3. The number of hydrogen-bond acceptors (Lipinski definition) is 5. The first-order valence-corrected chi connectivity index (χ1v) is 7.29. The Morgan fingerprint density at radius 3 is 2.10 bits per heavy atom. The standard InChI is InChI=1S/C15H25NO4/c1-5-9-12(13(17)19-7-3)15(11-16,10-6-2)14(18)20-8-4/h12H,5-10H2,1-4H3. The van der Waals surface area contributed by atoms with Crippen LogP contribution in [0.1, 0.15) is 53.4 Å². The van der Waals surface area contributed by atoms with Gasteiger partial charge >= 0.3 is 11.9 Å². The fourth-order valence-corrected chi connectivity index (χ4v) is 2.35. The van der Waals surface area contributed by atoms with Crippen molar-refractivity contribution in [1.29, 1.82) is 5.26 Å². The minimum absolute atomic E-state index is 0.188. The van der Waals surface area contributed by atoms with Crippen LogP contribution in [0.2, 0.25) is 0 Å². The first-order chi connectivity index (χ1) is 9.53. The normalized spacial score (nSPS) is 14.8. The summed E-state index contributed by atoms with van der Waals surface area (Å²) < 4.78 is 10.1. The minimum atomic E-state index is -1.44. The van der Waals surface area contributed by atoms with Crippen molar-refractivity contribution >= 4 is 11.9 Å². The molecule has 0 aromatic rings. The second-order valence-electron chi connectivity index (χ2n) is 4.65. The van der Waals surface area contributed by atoms with Gasteiger partial charge in [-0.05, 0) is 26.7 Å². The molecular formula is C15H25NO4. The van der Waals surface area contributed by atoms with Crippen molar-refractivity contribution in [3.05, 3.63) is 0 Å². The van der Waals surface area contributed by atoms with Crippen LogP contribution in [0.25, 0.3) is 0 Å². The van der Waals surface area contributed by atoms with Crippen molar-refractivity contribution in [1.82, 2.24) is 0 Å². The summed E-state index contributed by atoms with van der Waals surface area (Å²) in [5, 5.41) is 9.56. The number of rotatable bonds is 9. The number of hydrogen-bond donors (Lipinski definition) is 0. The predicted molar refractivity (Wildman–Crippen MR) is 74.6 cm³/mol. The Kier molecular flexibility index (Phi) is 8.62. The lowest BCUT2D eigenvalue weighted by Crippen LogP contribution is -2.43. The number of nitriles is 1. The Bertz CT molecular complexity index is 361. The van der Waals surface area contributed by atoms with E-state index < -0.39 is 23.3 Å². The van der Waals surface area contributed by atoms with E-state index in [-0.39, 0.29) is 13.2 Å². The van der Waals surface area contributed by atoms with Crippen molar-refractivity contribution in [2.24, 2.45) is 11.3 Å². The highest BCUT2D eigenvalue weighted by Gasteiger charge is 2.50. The second-order valence-corrected chi connectivity index (χ2v) is 4.65. The Labute approximate surface area is 121 Å². The topological polar surface area (TPSA) is 76.4 Å². The Balaban J connectivity index is 5.56. The van der Waals surface area contributed by atoms with Gasteiger partial charge in [-0.25, -0.2) is 0 Å². The zero-order valence-electron chi connectivity index (χ0n) is 12.9. The highest BCUT2D eigenvalue weighted by molar-refractivity contribution is 5.88. The van der Waals surface area contributed by atoms with E-state index in [1.165, 1.54) is 0 Å². The molecule has 2 atom stereocenters. The molecular weight excluding hydrogens is 258 g/mol. The molecule has 0 fully saturated rings. The third kappa shape index (κ3) is 4.22. The Morgan fingerprint density at radius 2 is 1.70 bits per heavy atom. The largest absolute Gasteiger partial charge is 0.466 e. The van der Waals surface area contributed by atoms with Crippen LogP contribution in [0.5, 0.6) is 0 Å². The van der Waals surface area contributed by atoms with Gasteiger partial charge in [-0.1, -0.05) is 26.7 Å². The zero-order valence-corrected chi connectivity index (χ0v) is 12.9. The van der Waals surface area contributed by atoms with E-state index in [0.717, 1.165) is 0 Å². The summed E-state index contributed by atoms with van der Waals surface area (Å²) in [6, 6.07) is 2.05. The van der Waals surface area contributed by atoms with Gasteiger partial charge in [0, 0.05) is 0 Å². The van der Waals surface area contributed by atoms with Crippen LogP contribution in [0.15, 0.2) is 0 Å². The fourth-order valence-electron chi connectivity index (χ4n) is 2.35. The predicted octanol–water partition coefficient (Wildman–Crippen LogP) is 2.84. The molecule has 5 nitrogen and oxygen atoms in total. The molecule has 0 N–H and O–H groups in total. The molecule has 0 aliphatic rings. The van der Waals surface area contributed by atoms with Gasteiger partial charge in [0.2, 0.25) is 0 Å². The van der Waals surface area contributed by atoms with Crippen LogP contribution in [-0.2, 0) is 19.1 Å². The molecule has 0 saturated heterocycles. The highest BCUT2D eigenvalue weighted by atomic mass is 16.5. The Hall–Kier alpha value is -1.57. The van der Waals surface area contributed by atoms with Crippen LogP contribution >= 0.6 is 0 Å². The summed E-state index contributed by atoms with van der Waals surface area (Å²) in [7, 11) is 0. The van der Waals surface area contributed by atoms with Gasteiger partial charge in [0.15, 0.2) is 5.41 Å². The molecule has 5 heteroatoms. The molecule has 20 heavy (non-hydrogen) atoms. The quantitative estimate of drug-likeness (QED) is 0.608. The minimum Gasteiger partial charge on any atom is -0.466 e. The molecule has 0 amide bonds. The lowest BCUT2D eigenvalue weighted by molar-refractivity contribution is -0.166. The molecule has 0 aromatic carbocycles. The molecule has 0 saturated carbocycles. The summed E-state index contributed by atoms with van der Waals surface area (Å²) in [6.07, 6.45) is 2.04. The van der Waals surface area contributed by atoms with Crippen LogP contribution in [0.4, 0.5) is 0 Å². The van der Waals surface area contributed by atoms with E-state index in [0.29, 0.717) is 25.7 Å². The van der Waals surface area contributed by atoms with Gasteiger partial charge in [0.05, 0.1) is 25.2 Å². The molecule has 0 radical (unpaired) electrons. The monoisotopic (exact) mass is 283 g/mol. The fraction of sp³-hybridized carbons (Fsp3) is 0.800. The van der Waals surface area contributed by atoms with Gasteiger partial charge < -0.3 is 9.47 Å². The summed E-state index contributed by atoms with van der Waals surface area (Å²) in [5.74, 6) is -1.87. The van der Waals surface area contributed by atoms with Crippen molar-refractivity contribution in [3.63, 3.8) is 0 Å². The average Bonchev–Trinajstić information content (AvgIpc) is 2.43. The lowest BCUT2D eigenvalue weighted by Gasteiger charge is -2.31. The van der Waals surface area contributed by atoms with E-state index >= 15 is 0 Å². The van der Waals surface area contributed by atoms with E-state index in [1.54, 1.807) is 13.8 Å². The van der Waals surface area contributed by atoms with Crippen LogP contribution in [0.3, 0.4) is 0 Å². The van der Waals surface area contributed by atoms with E-state index in [2.05, 4.69) is 0 Å². The number of nitrogens with zero attached hydrogens (tertiary/aromatic N) is 1. The van der Waals surface area contributed by atoms with Crippen molar-refractivity contribution in [3.8, 4) is 6.07 Å². The van der Waals surface area contributed by atoms with Crippen LogP contribution in [-0.4, -0.2) is 25.2 Å². The van der Waals surface area contributed by atoms with Crippen LogP contribution < -0.4 is 0 Å². The summed E-state index contributed by atoms with van der Waals surface area (Å²) in [6.45, 7) is 7.60. The summed E-state index contributed by atoms with van der Waals surface area (Å²) in [5.41, 5.74) is -1.44. The summed E-state index contributed by atoms with van der Waals surface area (Å²) >= 11 is 0. The van der Waals surface area contributed by atoms with E-state index in [4.69, 9.17) is 9.47 Å². The lowest BCUT2D eigenvalue weighted by atomic mass is 9.71. The molecule has 0 heterocycles.